The maximum Gasteiger partial charge on any atom is 0.122 e. The van der Waals surface area contributed by atoms with Gasteiger partial charge in [-0.15, -0.1) is 0 Å². The zero-order valence-corrected chi connectivity index (χ0v) is 9.18. The highest BCUT2D eigenvalue weighted by molar-refractivity contribution is 5.32. The van der Waals surface area contributed by atoms with Gasteiger partial charge in [-0.25, -0.2) is 4.68 Å². The van der Waals surface area contributed by atoms with E-state index in [0.717, 1.165) is 11.3 Å². The molecule has 0 aliphatic rings. The Kier molecular flexibility index (Phi) is 2.22. The van der Waals surface area contributed by atoms with Gasteiger partial charge < -0.3 is 5.73 Å². The average Bonchev–Trinajstić information content (AvgIpc) is 2.71. The molecule has 0 saturated heterocycles. The number of nitrogens with two attached hydrogens (primary N) is 1. The highest BCUT2D eigenvalue weighted by atomic mass is 15.3. The lowest BCUT2D eigenvalue weighted by Crippen LogP contribution is -2.10. The Balaban J connectivity index is 2.35. The van der Waals surface area contributed by atoms with Crippen LogP contribution >= 0.6 is 0 Å². The molecule has 0 fully saturated rings. The zero-order chi connectivity index (χ0) is 11.0. The summed E-state index contributed by atoms with van der Waals surface area (Å²) in [7, 11) is 1.90. The van der Waals surface area contributed by atoms with E-state index in [1.807, 2.05) is 37.1 Å². The van der Waals surface area contributed by atoms with Crippen molar-refractivity contribution < 1.29 is 0 Å². The Bertz CT molecular complexity index is 468. The molecule has 0 bridgehead atoms. The molecule has 5 heteroatoms. The van der Waals surface area contributed by atoms with Crippen molar-refractivity contribution in [2.75, 3.05) is 5.73 Å². The van der Waals surface area contributed by atoms with Crippen LogP contribution in [0.5, 0.6) is 0 Å². The summed E-state index contributed by atoms with van der Waals surface area (Å²) in [6.45, 7) is 3.99. The first-order chi connectivity index (χ1) is 7.08. The van der Waals surface area contributed by atoms with E-state index in [9.17, 15) is 0 Å². The molecule has 0 aliphatic heterocycles. The first-order valence-corrected chi connectivity index (χ1v) is 4.88. The van der Waals surface area contributed by atoms with Crippen molar-refractivity contribution in [2.24, 2.45) is 7.05 Å². The van der Waals surface area contributed by atoms with Gasteiger partial charge >= 0.3 is 0 Å². The normalized spacial score (nSPS) is 13.0. The van der Waals surface area contributed by atoms with Crippen LogP contribution in [-0.4, -0.2) is 19.6 Å². The van der Waals surface area contributed by atoms with E-state index in [-0.39, 0.29) is 6.04 Å². The lowest BCUT2D eigenvalue weighted by Gasteiger charge is -2.11. The predicted octanol–water partition coefficient (Wildman–Crippen LogP) is 1.12. The lowest BCUT2D eigenvalue weighted by molar-refractivity contribution is 0.568. The van der Waals surface area contributed by atoms with E-state index in [1.165, 1.54) is 0 Å². The van der Waals surface area contributed by atoms with Crippen molar-refractivity contribution in [3.05, 3.63) is 29.7 Å². The number of aryl methyl sites for hydroxylation is 2. The molecule has 2 rings (SSSR count). The van der Waals surface area contributed by atoms with Crippen LogP contribution in [-0.2, 0) is 7.05 Å². The summed E-state index contributed by atoms with van der Waals surface area (Å²) in [6, 6.07) is 1.99. The van der Waals surface area contributed by atoms with Gasteiger partial charge in [-0.1, -0.05) is 0 Å². The first-order valence-electron chi connectivity index (χ1n) is 4.88. The highest BCUT2D eigenvalue weighted by Gasteiger charge is 2.13. The molecule has 5 nitrogen and oxygen atoms in total. The van der Waals surface area contributed by atoms with E-state index < -0.39 is 0 Å². The van der Waals surface area contributed by atoms with Gasteiger partial charge in [-0.05, 0) is 13.8 Å². The third kappa shape index (κ3) is 1.72. The summed E-state index contributed by atoms with van der Waals surface area (Å²) in [5.74, 6) is 0.684. The van der Waals surface area contributed by atoms with E-state index in [1.54, 1.807) is 4.68 Å². The molecule has 0 unspecified atom stereocenters. The van der Waals surface area contributed by atoms with Crippen LogP contribution in [0.3, 0.4) is 0 Å². The molecule has 80 valence electrons. The van der Waals surface area contributed by atoms with Crippen molar-refractivity contribution in [1.29, 1.82) is 0 Å². The van der Waals surface area contributed by atoms with Gasteiger partial charge in [0, 0.05) is 24.9 Å². The number of hydrogen-bond donors (Lipinski definition) is 1. The lowest BCUT2D eigenvalue weighted by atomic mass is 10.2. The molecule has 2 N–H and O–H groups in total. The van der Waals surface area contributed by atoms with Crippen molar-refractivity contribution >= 4 is 5.82 Å². The Morgan fingerprint density at radius 1 is 1.47 bits per heavy atom. The van der Waals surface area contributed by atoms with E-state index in [0.29, 0.717) is 5.82 Å². The summed E-state index contributed by atoms with van der Waals surface area (Å²) < 4.78 is 3.59. The van der Waals surface area contributed by atoms with Crippen LogP contribution in [0.15, 0.2) is 18.5 Å². The predicted molar refractivity (Wildman–Crippen MR) is 58.4 cm³/mol. The standard InChI is InChI=1S/C10H15N5/c1-7-4-10(11)15(13-7)8(2)9-5-12-14(3)6-9/h4-6,8H,11H2,1-3H3/t8-/m0/s1. The van der Waals surface area contributed by atoms with Gasteiger partial charge in [0.2, 0.25) is 0 Å². The van der Waals surface area contributed by atoms with Crippen molar-refractivity contribution in [2.45, 2.75) is 19.9 Å². The minimum atomic E-state index is 0.118. The number of nitrogens with zero attached hydrogens (tertiary/aromatic N) is 4. The quantitative estimate of drug-likeness (QED) is 0.799. The van der Waals surface area contributed by atoms with Gasteiger partial charge in [0.1, 0.15) is 5.82 Å². The van der Waals surface area contributed by atoms with E-state index in [2.05, 4.69) is 17.1 Å². The maximum atomic E-state index is 5.86. The van der Waals surface area contributed by atoms with E-state index >= 15 is 0 Å². The summed E-state index contributed by atoms with van der Waals surface area (Å²) in [6.07, 6.45) is 3.81. The Morgan fingerprint density at radius 3 is 2.67 bits per heavy atom. The minimum Gasteiger partial charge on any atom is -0.384 e. The van der Waals surface area contributed by atoms with Crippen LogP contribution < -0.4 is 5.73 Å². The number of rotatable bonds is 2. The molecule has 0 spiro atoms. The van der Waals surface area contributed by atoms with Gasteiger partial charge in [-0.3, -0.25) is 4.68 Å². The SMILES string of the molecule is Cc1cc(N)n([C@@H](C)c2cnn(C)c2)n1. The molecule has 2 aromatic heterocycles. The average molecular weight is 205 g/mol. The smallest absolute Gasteiger partial charge is 0.122 e. The number of aromatic nitrogens is 4. The Morgan fingerprint density at radius 2 is 2.20 bits per heavy atom. The number of hydrogen-bond acceptors (Lipinski definition) is 3. The summed E-state index contributed by atoms with van der Waals surface area (Å²) in [5, 5.41) is 8.48. The third-order valence-corrected chi connectivity index (χ3v) is 2.46. The minimum absolute atomic E-state index is 0.118. The van der Waals surface area contributed by atoms with Gasteiger partial charge in [0.05, 0.1) is 17.9 Å². The van der Waals surface area contributed by atoms with Gasteiger partial charge in [0.25, 0.3) is 0 Å². The van der Waals surface area contributed by atoms with Crippen LogP contribution in [0, 0.1) is 6.92 Å². The maximum absolute atomic E-state index is 5.86. The molecule has 2 aromatic rings. The number of anilines is 1. The summed E-state index contributed by atoms with van der Waals surface area (Å²) in [5.41, 5.74) is 7.90. The molecule has 2 heterocycles. The third-order valence-electron chi connectivity index (χ3n) is 2.46. The van der Waals surface area contributed by atoms with Gasteiger partial charge in [-0.2, -0.15) is 10.2 Å². The zero-order valence-electron chi connectivity index (χ0n) is 9.18. The van der Waals surface area contributed by atoms with Crippen molar-refractivity contribution in [1.82, 2.24) is 19.6 Å². The van der Waals surface area contributed by atoms with Crippen molar-refractivity contribution in [3.8, 4) is 0 Å². The molecule has 15 heavy (non-hydrogen) atoms. The largest absolute Gasteiger partial charge is 0.384 e. The Hall–Kier alpha value is -1.78. The molecule has 0 aromatic carbocycles. The second-order valence-electron chi connectivity index (χ2n) is 3.78. The van der Waals surface area contributed by atoms with Crippen molar-refractivity contribution in [3.63, 3.8) is 0 Å². The molecule has 0 radical (unpaired) electrons. The molecule has 1 atom stereocenters. The molecule has 0 amide bonds. The molecular formula is C10H15N5. The number of nitrogen functional groups attached to an aromatic ring is 1. The highest BCUT2D eigenvalue weighted by Crippen LogP contribution is 2.20. The Labute approximate surface area is 88.5 Å². The van der Waals surface area contributed by atoms with Crippen LogP contribution in [0.4, 0.5) is 5.82 Å². The molecule has 0 aliphatic carbocycles. The van der Waals surface area contributed by atoms with E-state index in [4.69, 9.17) is 5.73 Å². The second kappa shape index (κ2) is 3.42. The van der Waals surface area contributed by atoms with Crippen LogP contribution in [0.2, 0.25) is 0 Å². The molecule has 0 saturated carbocycles. The fourth-order valence-electron chi connectivity index (χ4n) is 1.64. The monoisotopic (exact) mass is 205 g/mol. The molecular weight excluding hydrogens is 190 g/mol. The topological polar surface area (TPSA) is 61.7 Å². The second-order valence-corrected chi connectivity index (χ2v) is 3.78. The summed E-state index contributed by atoms with van der Waals surface area (Å²) >= 11 is 0. The fraction of sp³-hybridized carbons (Fsp3) is 0.400. The summed E-state index contributed by atoms with van der Waals surface area (Å²) in [4.78, 5) is 0. The van der Waals surface area contributed by atoms with Crippen LogP contribution in [0.25, 0.3) is 0 Å². The van der Waals surface area contributed by atoms with Gasteiger partial charge in [0.15, 0.2) is 0 Å². The first kappa shape index (κ1) is 9.76. The fourth-order valence-corrected chi connectivity index (χ4v) is 1.64. The van der Waals surface area contributed by atoms with Crippen LogP contribution in [0.1, 0.15) is 24.2 Å².